The lowest BCUT2D eigenvalue weighted by Gasteiger charge is -2.29. The molecule has 0 radical (unpaired) electrons. The number of unbranched alkanes of at least 4 members (excludes halogenated alkanes) is 1. The number of amides is 16. The molecule has 4 aromatic carbocycles. The predicted molar refractivity (Wildman–Crippen MR) is 479 cm³/mol. The van der Waals surface area contributed by atoms with E-state index >= 15 is 9.59 Å². The minimum absolute atomic E-state index is 0.000676. The summed E-state index contributed by atoms with van der Waals surface area (Å²) in [5.41, 5.74) is 31.1. The molecule has 13 atom stereocenters. The lowest BCUT2D eigenvalue weighted by molar-refractivity contribution is -0.137. The van der Waals surface area contributed by atoms with Crippen LogP contribution in [0.15, 0.2) is 116 Å². The Morgan fingerprint density at radius 3 is 1.37 bits per heavy atom. The zero-order valence-electron chi connectivity index (χ0n) is 71.5. The second-order valence-corrected chi connectivity index (χ2v) is 31.5. The van der Waals surface area contributed by atoms with Gasteiger partial charge >= 0.3 is 0 Å². The van der Waals surface area contributed by atoms with Gasteiger partial charge in [-0.05, 0) is 117 Å². The number of aromatic hydroxyl groups is 1. The largest absolute Gasteiger partial charge is 0.508 e. The molecule has 0 aliphatic rings. The molecular weight excluding hydrogens is 1700 g/mol. The Morgan fingerprint density at radius 1 is 0.430 bits per heavy atom. The van der Waals surface area contributed by atoms with Crippen LogP contribution in [-0.2, 0) is 107 Å². The van der Waals surface area contributed by atoms with Gasteiger partial charge in [-0.25, -0.2) is 0 Å². The van der Waals surface area contributed by atoms with Gasteiger partial charge < -0.3 is 133 Å². The summed E-state index contributed by atoms with van der Waals surface area (Å²) in [5.74, 6) is -16.4. The van der Waals surface area contributed by atoms with E-state index in [1.165, 1.54) is 31.2 Å². The molecule has 6 rings (SSSR count). The first-order valence-corrected chi connectivity index (χ1v) is 42.9. The molecule has 0 saturated carbocycles. The van der Waals surface area contributed by atoms with Crippen LogP contribution >= 0.6 is 25.3 Å². The zero-order chi connectivity index (χ0) is 94.1. The number of primary amides is 2. The van der Waals surface area contributed by atoms with E-state index in [1.807, 2.05) is 0 Å². The Bertz CT molecular complexity index is 4790. The third kappa shape index (κ3) is 34.8. The average Bonchev–Trinajstić information content (AvgIpc) is 1.69. The van der Waals surface area contributed by atoms with Crippen LogP contribution in [0.25, 0.3) is 21.8 Å². The first-order chi connectivity index (χ1) is 61.0. The van der Waals surface area contributed by atoms with Crippen LogP contribution in [0.5, 0.6) is 5.75 Å². The highest BCUT2D eigenvalue weighted by molar-refractivity contribution is 7.80. The van der Waals surface area contributed by atoms with Crippen LogP contribution in [0.1, 0.15) is 101 Å². The SMILES string of the molecule is CC(=O)N[C@@H](CS)C(=O)N[C@@H](CCN)C(=O)N[C@H](C(=O)N[C@@H](Cc1c[nH]c2ccccc12)C(=O)N[C@@H](CCC(N)=O)C(=O)N[C@@H](CS)C(=O)N[C@@H](Cc1ccc(O)cc1)C(=O)N[C@@H](Cc1c[nH]c2ccccc12)C(=O)N[C@@H](CCCNC(=N)N)C(=O)N[C@H](C(=O)N[C@@H](Cc1ccccc1)C(=O)NCC(=O)NCCOCC(=O)N[C@H](CCCCN)C(N)=O)C(C)C)[C@@H](C)O. The molecule has 0 unspecified atom stereocenters. The minimum atomic E-state index is -1.84. The standard InChI is InChI=1S/C84H119N23O19S2/c1-45(2)70(82(124)103-61(35-48-15-6-5-7-16-48)73(115)95-41-68(112)91-33-34-126-42-69(113)97-57(72(88)114)21-12-13-30-85)106-75(117)58(22-14-32-92-84(89)90)98-78(120)63(37-50-39-93-55-19-10-8-17-53(50)55)102-77(119)62(36-49-23-25-52(110)26-24-49)101-81(123)66(44-128)105-74(116)59(27-28-67(87)111)99-79(121)64(38-51-40-94-56-20-11-9-18-54(51)56)104-83(125)71(46(3)108)107-76(118)60(29-31-86)100-80(122)65(43-127)96-47(4)109/h5-11,15-20,23-26,39-40,45-46,57-66,70-71,93-94,108,110,127-128H,12-14,21-22,27-38,41-44,85-86H2,1-4H3,(H2,87,111)(H2,88,114)(H,91,112)(H,95,115)(H,96,109)(H,97,113)(H,98,120)(H,99,121)(H,100,122)(H,101,123)(H,102,119)(H,103,124)(H,104,125)(H,105,116)(H,106,117)(H,107,118)(H4,89,90,92)/t46-,57-,58+,59+,60+,61+,62+,63+,64+,65+,66+,70+,71+/m1/s1. The van der Waals surface area contributed by atoms with Crippen LogP contribution in [0.2, 0.25) is 0 Å². The van der Waals surface area contributed by atoms with Gasteiger partial charge in [0.2, 0.25) is 94.5 Å². The first kappa shape index (κ1) is 104. The second-order valence-electron chi connectivity index (χ2n) is 30.7. The molecule has 6 aromatic rings. The van der Waals surface area contributed by atoms with E-state index in [-0.39, 0.29) is 89.1 Å². The maximum atomic E-state index is 15.4. The van der Waals surface area contributed by atoms with Gasteiger partial charge in [0.25, 0.3) is 0 Å². The van der Waals surface area contributed by atoms with E-state index in [0.29, 0.717) is 63.4 Å². The highest BCUT2D eigenvalue weighted by Crippen LogP contribution is 2.23. The Morgan fingerprint density at radius 2 is 0.867 bits per heavy atom. The van der Waals surface area contributed by atoms with E-state index in [9.17, 15) is 77.3 Å². The molecule has 2 aromatic heterocycles. The number of carbonyl (C=O) groups excluding carboxylic acids is 16. The molecule has 16 amide bonds. The van der Waals surface area contributed by atoms with Crippen LogP contribution in [0, 0.1) is 11.3 Å². The quantitative estimate of drug-likeness (QED) is 0.00736. The number of guanidine groups is 1. The van der Waals surface area contributed by atoms with Crippen LogP contribution in [-0.4, -0.2) is 257 Å². The number of para-hydroxylation sites is 2. The number of aliphatic hydroxyl groups is 1. The molecule has 0 aliphatic heterocycles. The number of hydrogen-bond acceptors (Lipinski definition) is 24. The van der Waals surface area contributed by atoms with Gasteiger partial charge in [0.1, 0.15) is 84.9 Å². The summed E-state index contributed by atoms with van der Waals surface area (Å²) < 4.78 is 5.36. The van der Waals surface area contributed by atoms with Crippen molar-refractivity contribution >= 4 is 148 Å². The molecule has 0 saturated heterocycles. The number of phenols is 1. The highest BCUT2D eigenvalue weighted by Gasteiger charge is 2.39. The lowest BCUT2D eigenvalue weighted by Crippen LogP contribution is -2.62. The van der Waals surface area contributed by atoms with E-state index in [2.05, 4.69) is 115 Å². The third-order valence-electron chi connectivity index (χ3n) is 20.3. The third-order valence-corrected chi connectivity index (χ3v) is 21.0. The Balaban J connectivity index is 1.25. The number of aliphatic hydroxyl groups excluding tert-OH is 1. The number of hydrogen-bond donors (Lipinski definition) is 27. The lowest BCUT2D eigenvalue weighted by atomic mass is 9.99. The summed E-state index contributed by atoms with van der Waals surface area (Å²) in [6.07, 6.45) is 0.398. The molecule has 0 fully saturated rings. The van der Waals surface area contributed by atoms with E-state index < -0.39 is 217 Å². The molecular formula is C84H119N23O19S2. The summed E-state index contributed by atoms with van der Waals surface area (Å²) in [6.45, 7) is 4.49. The minimum Gasteiger partial charge on any atom is -0.508 e. The monoisotopic (exact) mass is 1820 g/mol. The molecule has 30 N–H and O–H groups in total. The number of aromatic nitrogens is 2. The van der Waals surface area contributed by atoms with Crippen molar-refractivity contribution in [1.82, 2.24) is 89.7 Å². The van der Waals surface area contributed by atoms with Crippen molar-refractivity contribution in [3.05, 3.63) is 138 Å². The Hall–Kier alpha value is -12.9. The maximum Gasteiger partial charge on any atom is 0.246 e. The zero-order valence-corrected chi connectivity index (χ0v) is 73.3. The molecule has 2 heterocycles. The predicted octanol–water partition coefficient (Wildman–Crippen LogP) is -4.90. The van der Waals surface area contributed by atoms with Crippen molar-refractivity contribution in [1.29, 1.82) is 5.41 Å². The van der Waals surface area contributed by atoms with E-state index in [4.69, 9.17) is 38.8 Å². The second kappa shape index (κ2) is 53.5. The van der Waals surface area contributed by atoms with Gasteiger partial charge in [0.15, 0.2) is 5.96 Å². The van der Waals surface area contributed by atoms with Gasteiger partial charge in [-0.2, -0.15) is 25.3 Å². The summed E-state index contributed by atoms with van der Waals surface area (Å²) in [4.78, 5) is 229. The Kier molecular flexibility index (Phi) is 43.4. The van der Waals surface area contributed by atoms with Crippen LogP contribution < -0.4 is 108 Å². The number of aromatic amines is 2. The summed E-state index contributed by atoms with van der Waals surface area (Å²) >= 11 is 8.52. The molecule has 44 heteroatoms. The van der Waals surface area contributed by atoms with Gasteiger partial charge in [0, 0.05) is 97.8 Å². The molecule has 696 valence electrons. The number of carbonyl (C=O) groups is 16. The molecule has 42 nitrogen and oxygen atoms in total. The van der Waals surface area contributed by atoms with Gasteiger partial charge in [-0.3, -0.25) is 82.1 Å². The van der Waals surface area contributed by atoms with Crippen LogP contribution in [0.3, 0.4) is 0 Å². The topological polar surface area (TPSA) is 689 Å². The fourth-order valence-corrected chi connectivity index (χ4v) is 13.9. The number of benzene rings is 4. The van der Waals surface area contributed by atoms with Crippen molar-refractivity contribution in [3.8, 4) is 5.75 Å². The summed E-state index contributed by atoms with van der Waals surface area (Å²) in [7, 11) is 0. The van der Waals surface area contributed by atoms with Crippen molar-refractivity contribution in [2.24, 2.45) is 34.6 Å². The van der Waals surface area contributed by atoms with E-state index in [1.54, 1.807) is 105 Å². The van der Waals surface area contributed by atoms with Gasteiger partial charge in [-0.15, -0.1) is 0 Å². The number of thiol groups is 2. The number of phenolic OH excluding ortho intramolecular Hbond substituents is 1. The smallest absolute Gasteiger partial charge is 0.246 e. The van der Waals surface area contributed by atoms with Crippen molar-refractivity contribution < 1.29 is 91.7 Å². The number of nitrogens with two attached hydrogens (primary N) is 5. The summed E-state index contributed by atoms with van der Waals surface area (Å²) in [6, 6.07) is 9.75. The van der Waals surface area contributed by atoms with Gasteiger partial charge in [0.05, 0.1) is 19.3 Å². The highest BCUT2D eigenvalue weighted by atomic mass is 32.1. The van der Waals surface area contributed by atoms with E-state index in [0.717, 1.165) is 6.92 Å². The number of nitrogens with one attached hydrogen (secondary N) is 18. The fourth-order valence-electron chi connectivity index (χ4n) is 13.4. The maximum absolute atomic E-state index is 15.4. The number of fused-ring (bicyclic) bond motifs is 2. The van der Waals surface area contributed by atoms with Crippen molar-refractivity contribution in [2.75, 3.05) is 57.4 Å². The summed E-state index contributed by atoms with van der Waals surface area (Å²) in [5, 5.41) is 69.1. The normalized spacial score (nSPS) is 14.2. The molecule has 0 bridgehead atoms. The molecule has 0 aliphatic carbocycles. The van der Waals surface area contributed by atoms with Crippen molar-refractivity contribution in [3.63, 3.8) is 0 Å². The number of ether oxygens (including phenoxy) is 1. The fraction of sp³-hybridized carbons (Fsp3) is 0.464. The number of rotatable bonds is 56. The first-order valence-electron chi connectivity index (χ1n) is 41.6. The molecule has 0 spiro atoms. The van der Waals surface area contributed by atoms with Crippen LogP contribution in [0.4, 0.5) is 0 Å². The van der Waals surface area contributed by atoms with Gasteiger partial charge in [-0.1, -0.05) is 92.7 Å². The Labute approximate surface area is 749 Å². The molecule has 128 heavy (non-hydrogen) atoms. The van der Waals surface area contributed by atoms with Crippen molar-refractivity contribution in [2.45, 2.75) is 183 Å². The average molecular weight is 1820 g/mol. The number of H-pyrrole nitrogens is 2.